The maximum absolute atomic E-state index is 11.7. The van der Waals surface area contributed by atoms with Crippen LogP contribution in [0.2, 0.25) is 5.15 Å². The second-order valence-corrected chi connectivity index (χ2v) is 4.94. The monoisotopic (exact) mass is 304 g/mol. The van der Waals surface area contributed by atoms with Crippen LogP contribution in [0.15, 0.2) is 16.7 Å². The van der Waals surface area contributed by atoms with Gasteiger partial charge in [-0.25, -0.2) is 4.98 Å². The number of aliphatic hydroxyl groups is 1. The van der Waals surface area contributed by atoms with Crippen LogP contribution in [0.5, 0.6) is 0 Å². The third-order valence-electron chi connectivity index (χ3n) is 2.56. The fraction of sp³-hybridized carbons (Fsp3) is 0.400. The standard InChI is InChI=1S/C10H10BrClN2O2/c11-8-2-7(3-13-10(8)12)14-4-6(5-15)1-9(14)16/h2-3,6,15H,1,4-5H2. The van der Waals surface area contributed by atoms with Crippen molar-refractivity contribution in [3.63, 3.8) is 0 Å². The van der Waals surface area contributed by atoms with Crippen molar-refractivity contribution in [2.45, 2.75) is 6.42 Å². The Kier molecular flexibility index (Phi) is 3.47. The molecule has 1 amide bonds. The quantitative estimate of drug-likeness (QED) is 0.848. The lowest BCUT2D eigenvalue weighted by Gasteiger charge is -2.16. The highest BCUT2D eigenvalue weighted by molar-refractivity contribution is 9.10. The van der Waals surface area contributed by atoms with E-state index in [0.29, 0.717) is 28.3 Å². The number of hydrogen-bond acceptors (Lipinski definition) is 3. The number of carbonyl (C=O) groups is 1. The number of rotatable bonds is 2. The van der Waals surface area contributed by atoms with Gasteiger partial charge in [-0.1, -0.05) is 11.6 Å². The fourth-order valence-corrected chi connectivity index (χ4v) is 2.15. The van der Waals surface area contributed by atoms with Crippen LogP contribution in [0.3, 0.4) is 0 Å². The SMILES string of the molecule is O=C1CC(CO)CN1c1cnc(Cl)c(Br)c1. The Hall–Kier alpha value is -0.650. The Morgan fingerprint density at radius 3 is 3.00 bits per heavy atom. The molecule has 0 aliphatic carbocycles. The van der Waals surface area contributed by atoms with Gasteiger partial charge in [0.15, 0.2) is 0 Å². The number of halogens is 2. The van der Waals surface area contributed by atoms with Crippen LogP contribution in [-0.4, -0.2) is 29.1 Å². The van der Waals surface area contributed by atoms with Gasteiger partial charge in [-0.15, -0.1) is 0 Å². The van der Waals surface area contributed by atoms with Gasteiger partial charge in [0.25, 0.3) is 0 Å². The predicted octanol–water partition coefficient (Wildman–Crippen LogP) is 1.84. The molecule has 1 saturated heterocycles. The Bertz CT molecular complexity index is 427. The summed E-state index contributed by atoms with van der Waals surface area (Å²) in [5, 5.41) is 9.39. The Morgan fingerprint density at radius 1 is 1.69 bits per heavy atom. The molecule has 2 heterocycles. The lowest BCUT2D eigenvalue weighted by atomic mass is 10.1. The summed E-state index contributed by atoms with van der Waals surface area (Å²) in [4.78, 5) is 17.3. The van der Waals surface area contributed by atoms with Gasteiger partial charge in [-0.3, -0.25) is 4.79 Å². The molecule has 1 fully saturated rings. The van der Waals surface area contributed by atoms with Crippen molar-refractivity contribution in [1.82, 2.24) is 4.98 Å². The topological polar surface area (TPSA) is 53.4 Å². The van der Waals surface area contributed by atoms with Crippen LogP contribution in [-0.2, 0) is 4.79 Å². The number of amides is 1. The Morgan fingerprint density at radius 2 is 2.44 bits per heavy atom. The van der Waals surface area contributed by atoms with E-state index in [9.17, 15) is 4.79 Å². The first-order valence-corrected chi connectivity index (χ1v) is 6.01. The summed E-state index contributed by atoms with van der Waals surface area (Å²) in [5.41, 5.74) is 0.706. The van der Waals surface area contributed by atoms with E-state index in [4.69, 9.17) is 16.7 Å². The number of hydrogen-bond donors (Lipinski definition) is 1. The first kappa shape index (κ1) is 11.8. The molecule has 0 saturated carbocycles. The largest absolute Gasteiger partial charge is 0.396 e. The molecular formula is C10H10BrClN2O2. The number of aliphatic hydroxyl groups excluding tert-OH is 1. The molecule has 6 heteroatoms. The van der Waals surface area contributed by atoms with E-state index in [1.54, 1.807) is 17.2 Å². The van der Waals surface area contributed by atoms with Gasteiger partial charge in [0.1, 0.15) is 5.15 Å². The molecule has 1 aromatic rings. The average molecular weight is 306 g/mol. The van der Waals surface area contributed by atoms with E-state index >= 15 is 0 Å². The highest BCUT2D eigenvalue weighted by Crippen LogP contribution is 2.29. The van der Waals surface area contributed by atoms with Crippen molar-refractivity contribution in [1.29, 1.82) is 0 Å². The molecule has 1 aromatic heterocycles. The lowest BCUT2D eigenvalue weighted by molar-refractivity contribution is -0.117. The normalized spacial score (nSPS) is 20.6. The third-order valence-corrected chi connectivity index (χ3v) is 3.69. The lowest BCUT2D eigenvalue weighted by Crippen LogP contribution is -2.25. The number of nitrogens with zero attached hydrogens (tertiary/aromatic N) is 2. The minimum atomic E-state index is 0.00933. The van der Waals surface area contributed by atoms with Crippen molar-refractivity contribution in [3.05, 3.63) is 21.9 Å². The smallest absolute Gasteiger partial charge is 0.227 e. The van der Waals surface area contributed by atoms with Gasteiger partial charge in [-0.05, 0) is 22.0 Å². The number of carbonyl (C=O) groups excluding carboxylic acids is 1. The maximum atomic E-state index is 11.7. The predicted molar refractivity (Wildman–Crippen MR) is 64.5 cm³/mol. The highest BCUT2D eigenvalue weighted by atomic mass is 79.9. The fourth-order valence-electron chi connectivity index (χ4n) is 1.71. The van der Waals surface area contributed by atoms with E-state index in [2.05, 4.69) is 20.9 Å². The van der Waals surface area contributed by atoms with E-state index < -0.39 is 0 Å². The van der Waals surface area contributed by atoms with Gasteiger partial charge in [0, 0.05) is 25.5 Å². The summed E-state index contributed by atoms with van der Waals surface area (Å²) in [6, 6.07) is 1.76. The zero-order chi connectivity index (χ0) is 11.7. The van der Waals surface area contributed by atoms with E-state index in [1.165, 1.54) is 0 Å². The van der Waals surface area contributed by atoms with Crippen LogP contribution in [0.4, 0.5) is 5.69 Å². The first-order chi connectivity index (χ1) is 7.61. The Balaban J connectivity index is 2.24. The number of aromatic nitrogens is 1. The molecule has 1 aliphatic heterocycles. The molecule has 1 unspecified atom stereocenters. The highest BCUT2D eigenvalue weighted by Gasteiger charge is 2.30. The Labute approximate surface area is 106 Å². The van der Waals surface area contributed by atoms with Gasteiger partial charge < -0.3 is 10.0 Å². The summed E-state index contributed by atoms with van der Waals surface area (Å²) in [6.07, 6.45) is 1.95. The molecule has 0 radical (unpaired) electrons. The van der Waals surface area contributed by atoms with Crippen molar-refractivity contribution in [2.75, 3.05) is 18.1 Å². The number of pyridine rings is 1. The first-order valence-electron chi connectivity index (χ1n) is 4.84. The van der Waals surface area contributed by atoms with Crippen molar-refractivity contribution >= 4 is 39.1 Å². The van der Waals surface area contributed by atoms with Crippen LogP contribution >= 0.6 is 27.5 Å². The molecule has 1 N–H and O–H groups in total. The van der Waals surface area contributed by atoms with Crippen LogP contribution in [0.1, 0.15) is 6.42 Å². The molecule has 16 heavy (non-hydrogen) atoms. The van der Waals surface area contributed by atoms with E-state index in [0.717, 1.165) is 0 Å². The van der Waals surface area contributed by atoms with Crippen molar-refractivity contribution in [2.24, 2.45) is 5.92 Å². The second kappa shape index (κ2) is 4.69. The molecule has 2 rings (SSSR count). The molecule has 0 bridgehead atoms. The third kappa shape index (κ3) is 2.21. The summed E-state index contributed by atoms with van der Waals surface area (Å²) in [7, 11) is 0. The zero-order valence-electron chi connectivity index (χ0n) is 8.36. The summed E-state index contributed by atoms with van der Waals surface area (Å²) in [5.74, 6) is 0.0250. The van der Waals surface area contributed by atoms with Gasteiger partial charge in [0.2, 0.25) is 5.91 Å². The second-order valence-electron chi connectivity index (χ2n) is 3.72. The zero-order valence-corrected chi connectivity index (χ0v) is 10.7. The average Bonchev–Trinajstić information content (AvgIpc) is 2.64. The van der Waals surface area contributed by atoms with E-state index in [-0.39, 0.29) is 18.4 Å². The molecule has 1 atom stereocenters. The number of anilines is 1. The minimum Gasteiger partial charge on any atom is -0.396 e. The molecular weight excluding hydrogens is 295 g/mol. The summed E-state index contributed by atoms with van der Waals surface area (Å²) in [6.45, 7) is 0.565. The summed E-state index contributed by atoms with van der Waals surface area (Å²) < 4.78 is 0.659. The molecule has 4 nitrogen and oxygen atoms in total. The molecule has 86 valence electrons. The van der Waals surface area contributed by atoms with Crippen LogP contribution in [0.25, 0.3) is 0 Å². The minimum absolute atomic E-state index is 0.00933. The van der Waals surface area contributed by atoms with Crippen LogP contribution in [0, 0.1) is 5.92 Å². The van der Waals surface area contributed by atoms with Gasteiger partial charge in [0.05, 0.1) is 16.4 Å². The maximum Gasteiger partial charge on any atom is 0.227 e. The molecule has 1 aliphatic rings. The van der Waals surface area contributed by atoms with Gasteiger partial charge >= 0.3 is 0 Å². The molecule has 0 spiro atoms. The van der Waals surface area contributed by atoms with Gasteiger partial charge in [-0.2, -0.15) is 0 Å². The summed E-state index contributed by atoms with van der Waals surface area (Å²) >= 11 is 9.04. The van der Waals surface area contributed by atoms with Crippen molar-refractivity contribution < 1.29 is 9.90 Å². The van der Waals surface area contributed by atoms with E-state index in [1.807, 2.05) is 0 Å². The van der Waals surface area contributed by atoms with Crippen LogP contribution < -0.4 is 4.90 Å². The van der Waals surface area contributed by atoms with Crippen molar-refractivity contribution in [3.8, 4) is 0 Å². The molecule has 0 aromatic carbocycles.